The number of hydrogen-bond donors (Lipinski definition) is 0. The van der Waals surface area contributed by atoms with E-state index in [1.807, 2.05) is 0 Å². The molecule has 0 bridgehead atoms. The second-order valence-corrected chi connectivity index (χ2v) is 5.40. The zero-order chi connectivity index (χ0) is 10.9. The molecule has 2 nitrogen and oxygen atoms in total. The van der Waals surface area contributed by atoms with Crippen molar-refractivity contribution in [3.8, 4) is 6.07 Å². The fourth-order valence-electron chi connectivity index (χ4n) is 1.44. The summed E-state index contributed by atoms with van der Waals surface area (Å²) in [4.78, 5) is 1.16. The Hall–Kier alpha value is -0.980. The molecule has 15 heavy (non-hydrogen) atoms. The van der Waals surface area contributed by atoms with Crippen LogP contribution in [0.1, 0.15) is 11.1 Å². The Kier molecular flexibility index (Phi) is 2.72. The third kappa shape index (κ3) is 2.01. The molecule has 1 saturated heterocycles. The Labute approximate surface area is 94.2 Å². The molecule has 0 aliphatic carbocycles. The fourth-order valence-corrected chi connectivity index (χ4v) is 2.59. The highest BCUT2D eigenvalue weighted by Crippen LogP contribution is 2.38. The summed E-state index contributed by atoms with van der Waals surface area (Å²) < 4.78 is 4.77. The molecular formula is C12H13NOS. The van der Waals surface area contributed by atoms with Gasteiger partial charge < -0.3 is 4.74 Å². The van der Waals surface area contributed by atoms with Crippen LogP contribution < -0.4 is 0 Å². The van der Waals surface area contributed by atoms with Crippen LogP contribution in [0.5, 0.6) is 0 Å². The lowest BCUT2D eigenvalue weighted by molar-refractivity contribution is 0.0161. The molecule has 0 saturated carbocycles. The zero-order valence-corrected chi connectivity index (χ0v) is 9.73. The highest BCUT2D eigenvalue weighted by Gasteiger charge is 2.40. The number of hydrogen-bond acceptors (Lipinski definition) is 3. The van der Waals surface area contributed by atoms with E-state index in [0.29, 0.717) is 13.2 Å². The van der Waals surface area contributed by atoms with Crippen molar-refractivity contribution in [2.24, 2.45) is 0 Å². The lowest BCUT2D eigenvalue weighted by Crippen LogP contribution is -2.45. The summed E-state index contributed by atoms with van der Waals surface area (Å²) in [5.74, 6) is 0. The van der Waals surface area contributed by atoms with Crippen molar-refractivity contribution in [3.63, 3.8) is 0 Å². The number of benzene rings is 1. The summed E-state index contributed by atoms with van der Waals surface area (Å²) in [5, 5.41) is 9.07. The molecule has 0 unspecified atom stereocenters. The average molecular weight is 219 g/mol. The van der Waals surface area contributed by atoms with Gasteiger partial charge in [0.1, 0.15) is 0 Å². The number of nitrogens with zero attached hydrogens (tertiary/aromatic N) is 1. The average Bonchev–Trinajstić information content (AvgIpc) is 2.17. The van der Waals surface area contributed by atoms with Crippen molar-refractivity contribution in [2.45, 2.75) is 23.5 Å². The molecule has 1 aromatic rings. The first kappa shape index (κ1) is 10.5. The summed E-state index contributed by atoms with van der Waals surface area (Å²) >= 11 is 1.61. The van der Waals surface area contributed by atoms with E-state index in [1.165, 1.54) is 11.1 Å². The van der Waals surface area contributed by atoms with Gasteiger partial charge in [-0.1, -0.05) is 17.8 Å². The lowest BCUT2D eigenvalue weighted by atomic mass is 10.1. The minimum absolute atomic E-state index is 0.346. The molecule has 2 rings (SSSR count). The SMILES string of the molecule is Cc1ccc(SC2(C#N)COC2)cc1C. The van der Waals surface area contributed by atoms with E-state index < -0.39 is 0 Å². The minimum Gasteiger partial charge on any atom is -0.376 e. The topological polar surface area (TPSA) is 33.0 Å². The molecule has 3 heteroatoms. The minimum atomic E-state index is -0.346. The van der Waals surface area contributed by atoms with E-state index in [1.54, 1.807) is 11.8 Å². The number of thioether (sulfide) groups is 1. The van der Waals surface area contributed by atoms with Crippen molar-refractivity contribution >= 4 is 11.8 Å². The van der Waals surface area contributed by atoms with Crippen LogP contribution in [0.4, 0.5) is 0 Å². The van der Waals surface area contributed by atoms with Crippen LogP contribution in [0.25, 0.3) is 0 Å². The van der Waals surface area contributed by atoms with Gasteiger partial charge in [0.2, 0.25) is 0 Å². The van der Waals surface area contributed by atoms with E-state index >= 15 is 0 Å². The van der Waals surface area contributed by atoms with Gasteiger partial charge in [-0.15, -0.1) is 0 Å². The normalized spacial score (nSPS) is 17.9. The molecule has 0 atom stereocenters. The summed E-state index contributed by atoms with van der Waals surface area (Å²) in [6, 6.07) is 8.65. The van der Waals surface area contributed by atoms with Crippen LogP contribution in [0.3, 0.4) is 0 Å². The molecule has 0 amide bonds. The molecule has 1 aliphatic heterocycles. The second kappa shape index (κ2) is 3.88. The van der Waals surface area contributed by atoms with E-state index in [9.17, 15) is 0 Å². The van der Waals surface area contributed by atoms with Crippen molar-refractivity contribution in [1.29, 1.82) is 5.26 Å². The second-order valence-electron chi connectivity index (χ2n) is 3.95. The Morgan fingerprint density at radius 3 is 2.53 bits per heavy atom. The van der Waals surface area contributed by atoms with Crippen LogP contribution in [-0.4, -0.2) is 18.0 Å². The van der Waals surface area contributed by atoms with Gasteiger partial charge in [-0.2, -0.15) is 5.26 Å². The summed E-state index contributed by atoms with van der Waals surface area (Å²) in [7, 11) is 0. The predicted octanol–water partition coefficient (Wildman–Crippen LogP) is 2.69. The molecule has 0 spiro atoms. The Balaban J connectivity index is 2.18. The smallest absolute Gasteiger partial charge is 0.153 e. The molecule has 1 fully saturated rings. The van der Waals surface area contributed by atoms with Crippen molar-refractivity contribution in [1.82, 2.24) is 0 Å². The fraction of sp³-hybridized carbons (Fsp3) is 0.417. The van der Waals surface area contributed by atoms with Crippen LogP contribution in [0.2, 0.25) is 0 Å². The summed E-state index contributed by atoms with van der Waals surface area (Å²) in [6.07, 6.45) is 0. The van der Waals surface area contributed by atoms with Crippen LogP contribution in [0, 0.1) is 25.2 Å². The lowest BCUT2D eigenvalue weighted by Gasteiger charge is -2.34. The maximum Gasteiger partial charge on any atom is 0.153 e. The van der Waals surface area contributed by atoms with Crippen LogP contribution in [0.15, 0.2) is 23.1 Å². The zero-order valence-electron chi connectivity index (χ0n) is 8.91. The van der Waals surface area contributed by atoms with Gasteiger partial charge in [0.05, 0.1) is 19.3 Å². The molecular weight excluding hydrogens is 206 g/mol. The Morgan fingerprint density at radius 1 is 1.33 bits per heavy atom. The summed E-state index contributed by atoms with van der Waals surface area (Å²) in [5.41, 5.74) is 2.56. The van der Waals surface area contributed by atoms with Crippen molar-refractivity contribution in [3.05, 3.63) is 29.3 Å². The standard InChI is InChI=1S/C12H13NOS/c1-9-3-4-11(5-10(9)2)15-12(6-13)7-14-8-12/h3-5H,7-8H2,1-2H3. The summed E-state index contributed by atoms with van der Waals surface area (Å²) in [6.45, 7) is 5.27. The van der Waals surface area contributed by atoms with E-state index in [4.69, 9.17) is 10.00 Å². The molecule has 0 aromatic heterocycles. The third-order valence-electron chi connectivity index (χ3n) is 2.67. The predicted molar refractivity (Wildman–Crippen MR) is 60.9 cm³/mol. The van der Waals surface area contributed by atoms with Gasteiger partial charge in [0, 0.05) is 4.90 Å². The molecule has 1 aliphatic rings. The first-order valence-electron chi connectivity index (χ1n) is 4.90. The molecule has 78 valence electrons. The van der Waals surface area contributed by atoms with Gasteiger partial charge in [-0.05, 0) is 37.1 Å². The highest BCUT2D eigenvalue weighted by molar-refractivity contribution is 8.01. The third-order valence-corrected chi connectivity index (χ3v) is 3.87. The largest absolute Gasteiger partial charge is 0.376 e. The van der Waals surface area contributed by atoms with Crippen LogP contribution >= 0.6 is 11.8 Å². The van der Waals surface area contributed by atoms with E-state index in [0.717, 1.165) is 4.90 Å². The van der Waals surface area contributed by atoms with Gasteiger partial charge in [0.25, 0.3) is 0 Å². The van der Waals surface area contributed by atoms with E-state index in [2.05, 4.69) is 38.1 Å². The van der Waals surface area contributed by atoms with Gasteiger partial charge in [-0.25, -0.2) is 0 Å². The maximum atomic E-state index is 9.07. The first-order valence-corrected chi connectivity index (χ1v) is 5.72. The number of ether oxygens (including phenoxy) is 1. The van der Waals surface area contributed by atoms with Gasteiger partial charge in [-0.3, -0.25) is 0 Å². The van der Waals surface area contributed by atoms with Gasteiger partial charge >= 0.3 is 0 Å². The monoisotopic (exact) mass is 219 g/mol. The first-order chi connectivity index (χ1) is 7.15. The molecule has 1 aromatic carbocycles. The molecule has 0 radical (unpaired) electrons. The Morgan fingerprint density at radius 2 is 2.07 bits per heavy atom. The van der Waals surface area contributed by atoms with Crippen molar-refractivity contribution in [2.75, 3.05) is 13.2 Å². The number of nitriles is 1. The van der Waals surface area contributed by atoms with E-state index in [-0.39, 0.29) is 4.75 Å². The quantitative estimate of drug-likeness (QED) is 0.766. The van der Waals surface area contributed by atoms with Gasteiger partial charge in [0.15, 0.2) is 4.75 Å². The number of aryl methyl sites for hydroxylation is 2. The molecule has 0 N–H and O–H groups in total. The highest BCUT2D eigenvalue weighted by atomic mass is 32.2. The van der Waals surface area contributed by atoms with Crippen molar-refractivity contribution < 1.29 is 4.74 Å². The molecule has 1 heterocycles. The number of rotatable bonds is 2. The maximum absolute atomic E-state index is 9.07. The Bertz CT molecular complexity index is 418. The van der Waals surface area contributed by atoms with Crippen LogP contribution in [-0.2, 0) is 4.74 Å².